The number of hydrogen-bond acceptors (Lipinski definition) is 7. The van der Waals surface area contributed by atoms with Crippen LogP contribution in [0.1, 0.15) is 38.1 Å². The molecule has 2 heterocycles. The number of carbonyl (C=O) groups is 2. The van der Waals surface area contributed by atoms with E-state index in [2.05, 4.69) is 16.2 Å². The molecule has 1 aliphatic rings. The van der Waals surface area contributed by atoms with Gasteiger partial charge in [0.1, 0.15) is 5.00 Å². The molecule has 0 bridgehead atoms. The van der Waals surface area contributed by atoms with E-state index in [1.54, 1.807) is 31.2 Å². The molecule has 3 aromatic rings. The molecule has 1 aliphatic heterocycles. The Morgan fingerprint density at radius 3 is 2.64 bits per heavy atom. The van der Waals surface area contributed by atoms with E-state index in [1.165, 1.54) is 11.3 Å². The Labute approximate surface area is 199 Å². The number of fused-ring (bicyclic) bond motifs is 1. The molecule has 1 amide bonds. The van der Waals surface area contributed by atoms with Crippen molar-refractivity contribution in [2.24, 2.45) is 0 Å². The van der Waals surface area contributed by atoms with Crippen LogP contribution in [0.3, 0.4) is 0 Å². The number of anilines is 1. The average Bonchev–Trinajstić information content (AvgIpc) is 3.44. The van der Waals surface area contributed by atoms with Crippen molar-refractivity contribution >= 4 is 45.5 Å². The molecule has 170 valence electrons. The van der Waals surface area contributed by atoms with Gasteiger partial charge in [0.25, 0.3) is 5.91 Å². The number of rotatable bonds is 6. The zero-order valence-corrected chi connectivity index (χ0v) is 19.3. The molecular formula is C23H21N3O5S2. The molecule has 3 N–H and O–H groups in total. The van der Waals surface area contributed by atoms with E-state index in [4.69, 9.17) is 26.4 Å². The van der Waals surface area contributed by atoms with Crippen LogP contribution in [0.4, 0.5) is 5.00 Å². The van der Waals surface area contributed by atoms with E-state index in [9.17, 15) is 9.59 Å². The quantitative estimate of drug-likeness (QED) is 0.276. The van der Waals surface area contributed by atoms with Crippen LogP contribution in [0.25, 0.3) is 0 Å². The summed E-state index contributed by atoms with van der Waals surface area (Å²) >= 11 is 6.70. The molecule has 0 unspecified atom stereocenters. The van der Waals surface area contributed by atoms with Crippen LogP contribution < -0.4 is 25.6 Å². The molecule has 10 heteroatoms. The van der Waals surface area contributed by atoms with Crippen molar-refractivity contribution in [1.82, 2.24) is 10.9 Å². The van der Waals surface area contributed by atoms with E-state index >= 15 is 0 Å². The van der Waals surface area contributed by atoms with E-state index in [0.717, 1.165) is 10.4 Å². The van der Waals surface area contributed by atoms with Gasteiger partial charge in [0, 0.05) is 16.9 Å². The molecule has 33 heavy (non-hydrogen) atoms. The number of hydrogen-bond donors (Lipinski definition) is 3. The summed E-state index contributed by atoms with van der Waals surface area (Å²) in [5.41, 5.74) is 7.08. The van der Waals surface area contributed by atoms with Crippen molar-refractivity contribution in [2.75, 3.05) is 18.7 Å². The Kier molecular flexibility index (Phi) is 7.06. The van der Waals surface area contributed by atoms with Crippen molar-refractivity contribution in [3.05, 3.63) is 76.2 Å². The fourth-order valence-corrected chi connectivity index (χ4v) is 4.44. The summed E-state index contributed by atoms with van der Waals surface area (Å²) in [4.78, 5) is 25.9. The Balaban J connectivity index is 1.41. The second kappa shape index (κ2) is 10.3. The highest BCUT2D eigenvalue weighted by molar-refractivity contribution is 7.80. The summed E-state index contributed by atoms with van der Waals surface area (Å²) in [7, 11) is 0. The Hall–Kier alpha value is -3.63. The lowest BCUT2D eigenvalue weighted by Crippen LogP contribution is -2.43. The second-order valence-electron chi connectivity index (χ2n) is 6.94. The monoisotopic (exact) mass is 483 g/mol. The van der Waals surface area contributed by atoms with Gasteiger partial charge in [-0.1, -0.05) is 30.3 Å². The number of thiophene rings is 1. The van der Waals surface area contributed by atoms with Gasteiger partial charge in [0.15, 0.2) is 16.6 Å². The number of amides is 1. The number of carbonyl (C=O) groups excluding carboxylic acids is 2. The van der Waals surface area contributed by atoms with Crippen molar-refractivity contribution in [3.8, 4) is 11.5 Å². The average molecular weight is 484 g/mol. The highest BCUT2D eigenvalue weighted by Crippen LogP contribution is 2.32. The van der Waals surface area contributed by atoms with Gasteiger partial charge in [0.2, 0.25) is 6.79 Å². The molecule has 0 atom stereocenters. The molecule has 0 radical (unpaired) electrons. The van der Waals surface area contributed by atoms with Crippen molar-refractivity contribution in [3.63, 3.8) is 0 Å². The smallest absolute Gasteiger partial charge is 0.341 e. The Bertz CT molecular complexity index is 1180. The normalized spacial score (nSPS) is 11.5. The topological polar surface area (TPSA) is 97.9 Å². The van der Waals surface area contributed by atoms with Crippen LogP contribution in [-0.2, 0) is 11.2 Å². The van der Waals surface area contributed by atoms with Gasteiger partial charge in [-0.25, -0.2) is 4.79 Å². The number of benzene rings is 2. The van der Waals surface area contributed by atoms with E-state index < -0.39 is 11.9 Å². The minimum Gasteiger partial charge on any atom is -0.462 e. The fourth-order valence-electron chi connectivity index (χ4n) is 3.14. The number of hydrazine groups is 1. The second-order valence-corrected chi connectivity index (χ2v) is 8.48. The third-order valence-electron chi connectivity index (χ3n) is 4.65. The first-order valence-electron chi connectivity index (χ1n) is 10.1. The first-order chi connectivity index (χ1) is 16.0. The predicted octanol–water partition coefficient (Wildman–Crippen LogP) is 3.88. The fraction of sp³-hybridized carbons (Fsp3) is 0.174. The molecular weight excluding hydrogens is 462 g/mol. The van der Waals surface area contributed by atoms with Gasteiger partial charge < -0.3 is 19.5 Å². The summed E-state index contributed by atoms with van der Waals surface area (Å²) in [6, 6.07) is 16.6. The zero-order valence-electron chi connectivity index (χ0n) is 17.7. The molecule has 1 aromatic heterocycles. The lowest BCUT2D eigenvalue weighted by atomic mass is 10.1. The molecule has 0 spiro atoms. The standard InChI is InChI=1S/C23H21N3O5S2/c1-2-29-22(28)17-12-16(10-14-6-4-3-5-7-14)33-21(17)24-23(32)26-25-20(27)15-8-9-18-19(11-15)31-13-30-18/h3-9,11-12H,2,10,13H2,1H3,(H,25,27)(H2,24,26,32). The summed E-state index contributed by atoms with van der Waals surface area (Å²) in [6.45, 7) is 2.14. The molecule has 0 aliphatic carbocycles. The van der Waals surface area contributed by atoms with Gasteiger partial charge in [-0.3, -0.25) is 15.6 Å². The minimum atomic E-state index is -0.442. The van der Waals surface area contributed by atoms with Gasteiger partial charge in [-0.05, 0) is 49.0 Å². The lowest BCUT2D eigenvalue weighted by molar-refractivity contribution is 0.0528. The van der Waals surface area contributed by atoms with E-state index in [0.29, 0.717) is 34.0 Å². The Morgan fingerprint density at radius 2 is 1.85 bits per heavy atom. The summed E-state index contributed by atoms with van der Waals surface area (Å²) < 4.78 is 15.7. The van der Waals surface area contributed by atoms with Crippen LogP contribution in [-0.4, -0.2) is 30.4 Å². The third-order valence-corrected chi connectivity index (χ3v) is 5.91. The molecule has 4 rings (SSSR count). The maximum Gasteiger partial charge on any atom is 0.341 e. The van der Waals surface area contributed by atoms with E-state index in [1.807, 2.05) is 30.3 Å². The highest BCUT2D eigenvalue weighted by Gasteiger charge is 2.19. The zero-order chi connectivity index (χ0) is 23.2. The molecule has 8 nitrogen and oxygen atoms in total. The van der Waals surface area contributed by atoms with Crippen LogP contribution in [0.15, 0.2) is 54.6 Å². The first kappa shape index (κ1) is 22.6. The summed E-state index contributed by atoms with van der Waals surface area (Å²) in [5.74, 6) is 0.251. The van der Waals surface area contributed by atoms with Crippen molar-refractivity contribution < 1.29 is 23.8 Å². The SMILES string of the molecule is CCOC(=O)c1cc(Cc2ccccc2)sc1NC(=S)NNC(=O)c1ccc2c(c1)OCO2. The molecule has 0 saturated carbocycles. The summed E-state index contributed by atoms with van der Waals surface area (Å²) in [6.07, 6.45) is 0.667. The lowest BCUT2D eigenvalue weighted by Gasteiger charge is -2.12. The number of nitrogens with one attached hydrogen (secondary N) is 3. The van der Waals surface area contributed by atoms with Gasteiger partial charge in [0.05, 0.1) is 12.2 Å². The van der Waals surface area contributed by atoms with Crippen LogP contribution >= 0.6 is 23.6 Å². The molecule has 2 aromatic carbocycles. The first-order valence-corrected chi connectivity index (χ1v) is 11.4. The van der Waals surface area contributed by atoms with E-state index in [-0.39, 0.29) is 18.5 Å². The van der Waals surface area contributed by atoms with Crippen LogP contribution in [0, 0.1) is 0 Å². The van der Waals surface area contributed by atoms with Crippen molar-refractivity contribution in [1.29, 1.82) is 0 Å². The minimum absolute atomic E-state index is 0.128. The molecule has 0 fully saturated rings. The Morgan fingerprint density at radius 1 is 1.06 bits per heavy atom. The van der Waals surface area contributed by atoms with Gasteiger partial charge >= 0.3 is 5.97 Å². The van der Waals surface area contributed by atoms with Gasteiger partial charge in [-0.15, -0.1) is 11.3 Å². The third kappa shape index (κ3) is 5.60. The number of ether oxygens (including phenoxy) is 3. The van der Waals surface area contributed by atoms with Crippen LogP contribution in [0.2, 0.25) is 0 Å². The maximum atomic E-state index is 12.4. The highest BCUT2D eigenvalue weighted by atomic mass is 32.1. The van der Waals surface area contributed by atoms with Crippen molar-refractivity contribution in [2.45, 2.75) is 13.3 Å². The predicted molar refractivity (Wildman–Crippen MR) is 129 cm³/mol. The number of esters is 1. The van der Waals surface area contributed by atoms with Gasteiger partial charge in [-0.2, -0.15) is 0 Å². The number of thiocarbonyl (C=S) groups is 1. The largest absolute Gasteiger partial charge is 0.462 e. The maximum absolute atomic E-state index is 12.4. The summed E-state index contributed by atoms with van der Waals surface area (Å²) in [5, 5.41) is 3.65. The molecule has 0 saturated heterocycles. The van der Waals surface area contributed by atoms with Crippen LogP contribution in [0.5, 0.6) is 11.5 Å².